The van der Waals surface area contributed by atoms with E-state index >= 15 is 0 Å². The van der Waals surface area contributed by atoms with Crippen LogP contribution in [-0.4, -0.2) is 9.59 Å². The summed E-state index contributed by atoms with van der Waals surface area (Å²) in [6.07, 6.45) is 0. The van der Waals surface area contributed by atoms with Crippen molar-refractivity contribution in [3.63, 3.8) is 0 Å². The number of aromatic nitrogens is 2. The quantitative estimate of drug-likeness (QED) is 0.870. The predicted octanol–water partition coefficient (Wildman–Crippen LogP) is 3.53. The molecule has 0 spiro atoms. The molecule has 0 saturated carbocycles. The first kappa shape index (κ1) is 10.9. The van der Waals surface area contributed by atoms with Gasteiger partial charge in [0, 0.05) is 16.0 Å². The number of benzene rings is 1. The van der Waals surface area contributed by atoms with Crippen LogP contribution in [0.3, 0.4) is 0 Å². The van der Waals surface area contributed by atoms with E-state index in [4.69, 9.17) is 16.3 Å². The molecule has 0 N–H and O–H groups in total. The highest BCUT2D eigenvalue weighted by Crippen LogP contribution is 2.20. The van der Waals surface area contributed by atoms with Crippen LogP contribution in [0.4, 0.5) is 0 Å². The predicted molar refractivity (Wildman–Crippen MR) is 63.4 cm³/mol. The second-order valence-electron chi connectivity index (χ2n) is 2.74. The Morgan fingerprint density at radius 3 is 2.67 bits per heavy atom. The van der Waals surface area contributed by atoms with Crippen LogP contribution in [-0.2, 0) is 6.61 Å². The second kappa shape index (κ2) is 4.92. The van der Waals surface area contributed by atoms with Crippen LogP contribution in [0.1, 0.15) is 5.69 Å². The van der Waals surface area contributed by atoms with E-state index in [1.165, 1.54) is 0 Å². The first-order valence-electron chi connectivity index (χ1n) is 4.11. The van der Waals surface area contributed by atoms with Crippen molar-refractivity contribution in [2.24, 2.45) is 0 Å². The maximum absolute atomic E-state index is 5.84. The molecular weight excluding hydrogens is 300 g/mol. The molecule has 6 heteroatoms. The van der Waals surface area contributed by atoms with Gasteiger partial charge < -0.3 is 4.74 Å². The van der Waals surface area contributed by atoms with Crippen molar-refractivity contribution < 1.29 is 4.74 Å². The van der Waals surface area contributed by atoms with Crippen LogP contribution in [0.25, 0.3) is 0 Å². The monoisotopic (exact) mass is 304 g/mol. The van der Waals surface area contributed by atoms with Crippen LogP contribution in [0, 0.1) is 0 Å². The Hall–Kier alpha value is -0.650. The summed E-state index contributed by atoms with van der Waals surface area (Å²) < 4.78 is 10.8. The normalized spacial score (nSPS) is 10.3. The van der Waals surface area contributed by atoms with E-state index in [9.17, 15) is 0 Å². The van der Waals surface area contributed by atoms with Gasteiger partial charge in [-0.05, 0) is 24.3 Å². The average Bonchev–Trinajstić information content (AvgIpc) is 2.63. The largest absolute Gasteiger partial charge is 0.487 e. The van der Waals surface area contributed by atoms with E-state index in [0.717, 1.165) is 21.8 Å². The van der Waals surface area contributed by atoms with Gasteiger partial charge in [-0.2, -0.15) is 0 Å². The van der Waals surface area contributed by atoms with Crippen molar-refractivity contribution in [1.82, 2.24) is 9.59 Å². The van der Waals surface area contributed by atoms with Gasteiger partial charge in [0.2, 0.25) is 0 Å². The Balaban J connectivity index is 1.99. The highest BCUT2D eigenvalue weighted by Gasteiger charge is 2.05. The molecule has 0 aliphatic rings. The van der Waals surface area contributed by atoms with E-state index < -0.39 is 0 Å². The standard InChI is InChI=1S/C9H6BrClN2OS/c10-6-1-3-7(4-2-6)14-5-8-9(11)15-13-12-8/h1-4H,5H2. The van der Waals surface area contributed by atoms with Crippen LogP contribution in [0.15, 0.2) is 28.7 Å². The molecule has 2 aromatic rings. The fourth-order valence-corrected chi connectivity index (χ4v) is 1.83. The molecule has 3 nitrogen and oxygen atoms in total. The topological polar surface area (TPSA) is 35.0 Å². The van der Waals surface area contributed by atoms with Gasteiger partial charge in [0.25, 0.3) is 0 Å². The van der Waals surface area contributed by atoms with Gasteiger partial charge in [0.05, 0.1) is 0 Å². The number of hydrogen-bond acceptors (Lipinski definition) is 4. The lowest BCUT2D eigenvalue weighted by Crippen LogP contribution is -1.96. The fraction of sp³-hybridized carbons (Fsp3) is 0.111. The molecule has 0 radical (unpaired) electrons. The third kappa shape index (κ3) is 2.90. The Bertz CT molecular complexity index is 446. The van der Waals surface area contributed by atoms with Crippen LogP contribution in [0.5, 0.6) is 5.75 Å². The van der Waals surface area contributed by atoms with Gasteiger partial charge in [-0.25, -0.2) is 0 Å². The summed E-state index contributed by atoms with van der Waals surface area (Å²) in [5, 5.41) is 3.85. The molecule has 1 aromatic carbocycles. The van der Waals surface area contributed by atoms with Gasteiger partial charge in [0.1, 0.15) is 22.4 Å². The lowest BCUT2D eigenvalue weighted by Gasteiger charge is -2.03. The van der Waals surface area contributed by atoms with Gasteiger partial charge in [-0.3, -0.25) is 0 Å². The van der Waals surface area contributed by atoms with Gasteiger partial charge >= 0.3 is 0 Å². The van der Waals surface area contributed by atoms with E-state index in [-0.39, 0.29) is 0 Å². The molecule has 0 unspecified atom stereocenters. The Labute approximate surface area is 104 Å². The van der Waals surface area contributed by atoms with Crippen molar-refractivity contribution in [2.45, 2.75) is 6.61 Å². The van der Waals surface area contributed by atoms with Gasteiger partial charge in [-0.15, -0.1) is 5.10 Å². The minimum Gasteiger partial charge on any atom is -0.487 e. The molecule has 0 fully saturated rings. The summed E-state index contributed by atoms with van der Waals surface area (Å²) in [7, 11) is 0. The smallest absolute Gasteiger partial charge is 0.141 e. The highest BCUT2D eigenvalue weighted by molar-refractivity contribution is 9.10. The number of hydrogen-bond donors (Lipinski definition) is 0. The van der Waals surface area contributed by atoms with Gasteiger partial charge in [-0.1, -0.05) is 32.0 Å². The molecule has 0 atom stereocenters. The molecule has 0 amide bonds. The van der Waals surface area contributed by atoms with E-state index in [2.05, 4.69) is 25.5 Å². The van der Waals surface area contributed by atoms with Crippen molar-refractivity contribution in [3.8, 4) is 5.75 Å². The summed E-state index contributed by atoms with van der Waals surface area (Å²) in [5.74, 6) is 0.780. The SMILES string of the molecule is Clc1snnc1COc1ccc(Br)cc1. The fourth-order valence-electron chi connectivity index (χ4n) is 0.966. The molecule has 78 valence electrons. The van der Waals surface area contributed by atoms with Crippen LogP contribution >= 0.6 is 39.1 Å². The number of ether oxygens (including phenoxy) is 1. The van der Waals surface area contributed by atoms with E-state index in [0.29, 0.717) is 16.6 Å². The Kier molecular flexibility index (Phi) is 3.56. The summed E-state index contributed by atoms with van der Waals surface area (Å²) in [4.78, 5) is 0. The van der Waals surface area contributed by atoms with Crippen molar-refractivity contribution in [2.75, 3.05) is 0 Å². The van der Waals surface area contributed by atoms with Crippen molar-refractivity contribution in [1.29, 1.82) is 0 Å². The summed E-state index contributed by atoms with van der Waals surface area (Å²) in [5.41, 5.74) is 0.671. The van der Waals surface area contributed by atoms with E-state index in [1.54, 1.807) is 0 Å². The molecule has 2 rings (SSSR count). The third-order valence-electron chi connectivity index (χ3n) is 1.70. The first-order valence-corrected chi connectivity index (χ1v) is 6.05. The molecule has 1 heterocycles. The second-order valence-corrected chi connectivity index (χ2v) is 5.01. The number of rotatable bonds is 3. The van der Waals surface area contributed by atoms with Crippen molar-refractivity contribution in [3.05, 3.63) is 38.8 Å². The maximum atomic E-state index is 5.84. The summed E-state index contributed by atoms with van der Waals surface area (Å²) >= 11 is 10.3. The minimum absolute atomic E-state index is 0.344. The third-order valence-corrected chi connectivity index (χ3v) is 3.21. The lowest BCUT2D eigenvalue weighted by molar-refractivity contribution is 0.301. The highest BCUT2D eigenvalue weighted by atomic mass is 79.9. The minimum atomic E-state index is 0.344. The lowest BCUT2D eigenvalue weighted by atomic mass is 10.3. The molecule has 1 aromatic heterocycles. The Morgan fingerprint density at radius 2 is 2.07 bits per heavy atom. The van der Waals surface area contributed by atoms with Crippen LogP contribution in [0.2, 0.25) is 4.34 Å². The summed E-state index contributed by atoms with van der Waals surface area (Å²) in [6, 6.07) is 7.57. The maximum Gasteiger partial charge on any atom is 0.141 e. The molecular formula is C9H6BrClN2OS. The molecule has 0 saturated heterocycles. The zero-order valence-corrected chi connectivity index (χ0v) is 10.6. The molecule has 0 aliphatic heterocycles. The van der Waals surface area contributed by atoms with Gasteiger partial charge in [0.15, 0.2) is 0 Å². The molecule has 15 heavy (non-hydrogen) atoms. The Morgan fingerprint density at radius 1 is 1.33 bits per heavy atom. The molecule has 0 bridgehead atoms. The van der Waals surface area contributed by atoms with Crippen LogP contribution < -0.4 is 4.74 Å². The zero-order chi connectivity index (χ0) is 10.7. The number of nitrogens with zero attached hydrogens (tertiary/aromatic N) is 2. The number of halogens is 2. The summed E-state index contributed by atoms with van der Waals surface area (Å²) in [6.45, 7) is 0.344. The molecule has 0 aliphatic carbocycles. The van der Waals surface area contributed by atoms with Crippen molar-refractivity contribution >= 4 is 39.1 Å². The first-order chi connectivity index (χ1) is 7.25. The average molecular weight is 306 g/mol. The zero-order valence-electron chi connectivity index (χ0n) is 7.48. The van der Waals surface area contributed by atoms with E-state index in [1.807, 2.05) is 24.3 Å².